The molecule has 2 rings (SSSR count). The SMILES string of the molecule is COCCN(C(C)C1CC1)C1CCCCCCC1O. The fraction of sp³-hybridized carbons (Fsp3) is 1.00. The molecule has 0 radical (unpaired) electrons. The summed E-state index contributed by atoms with van der Waals surface area (Å²) in [6, 6.07) is 0.959. The van der Waals surface area contributed by atoms with Crippen LogP contribution in [0.3, 0.4) is 0 Å². The zero-order valence-electron chi connectivity index (χ0n) is 12.7. The van der Waals surface area contributed by atoms with Crippen LogP contribution in [-0.4, -0.2) is 48.5 Å². The Morgan fingerprint density at radius 3 is 2.42 bits per heavy atom. The molecule has 0 aromatic carbocycles. The molecule has 0 saturated heterocycles. The normalized spacial score (nSPS) is 30.9. The van der Waals surface area contributed by atoms with Gasteiger partial charge < -0.3 is 9.84 Å². The first-order valence-corrected chi connectivity index (χ1v) is 8.16. The van der Waals surface area contributed by atoms with Crippen molar-refractivity contribution in [2.45, 2.75) is 76.5 Å². The van der Waals surface area contributed by atoms with Gasteiger partial charge in [-0.2, -0.15) is 0 Å². The van der Waals surface area contributed by atoms with Crippen LogP contribution >= 0.6 is 0 Å². The van der Waals surface area contributed by atoms with Crippen molar-refractivity contribution in [2.75, 3.05) is 20.3 Å². The van der Waals surface area contributed by atoms with Gasteiger partial charge in [0.2, 0.25) is 0 Å². The van der Waals surface area contributed by atoms with E-state index in [2.05, 4.69) is 11.8 Å². The topological polar surface area (TPSA) is 32.7 Å². The van der Waals surface area contributed by atoms with E-state index in [0.29, 0.717) is 12.1 Å². The standard InChI is InChI=1S/C16H31NO2/c1-13(14-9-10-14)17(11-12-19-2)15-7-5-3-4-6-8-16(15)18/h13-16,18H,3-12H2,1-2H3. The molecule has 2 saturated carbocycles. The fourth-order valence-corrected chi connectivity index (χ4v) is 3.55. The van der Waals surface area contributed by atoms with E-state index in [9.17, 15) is 5.11 Å². The van der Waals surface area contributed by atoms with Crippen LogP contribution < -0.4 is 0 Å². The summed E-state index contributed by atoms with van der Waals surface area (Å²) in [7, 11) is 1.77. The van der Waals surface area contributed by atoms with E-state index < -0.39 is 0 Å². The van der Waals surface area contributed by atoms with Crippen molar-refractivity contribution in [2.24, 2.45) is 5.92 Å². The predicted octanol–water partition coefficient (Wildman–Crippen LogP) is 2.82. The number of ether oxygens (including phenoxy) is 1. The summed E-state index contributed by atoms with van der Waals surface area (Å²) < 4.78 is 5.28. The minimum Gasteiger partial charge on any atom is -0.391 e. The molecule has 2 aliphatic rings. The van der Waals surface area contributed by atoms with Crippen LogP contribution in [0.25, 0.3) is 0 Å². The molecule has 0 bridgehead atoms. The van der Waals surface area contributed by atoms with Gasteiger partial charge in [0.25, 0.3) is 0 Å². The molecule has 3 atom stereocenters. The smallest absolute Gasteiger partial charge is 0.0695 e. The van der Waals surface area contributed by atoms with Gasteiger partial charge >= 0.3 is 0 Å². The largest absolute Gasteiger partial charge is 0.391 e. The Bertz CT molecular complexity index is 255. The van der Waals surface area contributed by atoms with E-state index in [1.54, 1.807) is 7.11 Å². The number of aliphatic hydroxyl groups excluding tert-OH is 1. The molecule has 19 heavy (non-hydrogen) atoms. The van der Waals surface area contributed by atoms with Crippen LogP contribution in [0.2, 0.25) is 0 Å². The van der Waals surface area contributed by atoms with Crippen molar-refractivity contribution in [3.05, 3.63) is 0 Å². The maximum absolute atomic E-state index is 10.5. The summed E-state index contributed by atoms with van der Waals surface area (Å²) >= 11 is 0. The molecule has 0 aromatic heterocycles. The second-order valence-electron chi connectivity index (χ2n) is 6.43. The molecule has 112 valence electrons. The molecule has 3 heteroatoms. The van der Waals surface area contributed by atoms with Crippen molar-refractivity contribution in [3.63, 3.8) is 0 Å². The molecule has 3 nitrogen and oxygen atoms in total. The van der Waals surface area contributed by atoms with Gasteiger partial charge in [-0.1, -0.05) is 25.7 Å². The number of hydrogen-bond donors (Lipinski definition) is 1. The highest BCUT2D eigenvalue weighted by atomic mass is 16.5. The van der Waals surface area contributed by atoms with E-state index in [1.807, 2.05) is 0 Å². The lowest BCUT2D eigenvalue weighted by Crippen LogP contribution is -2.50. The first kappa shape index (κ1) is 15.3. The van der Waals surface area contributed by atoms with Gasteiger partial charge in [0.1, 0.15) is 0 Å². The number of methoxy groups -OCH3 is 1. The summed E-state index contributed by atoms with van der Waals surface area (Å²) in [5.74, 6) is 0.856. The molecule has 0 spiro atoms. The predicted molar refractivity (Wildman–Crippen MR) is 78.3 cm³/mol. The monoisotopic (exact) mass is 269 g/mol. The minimum atomic E-state index is -0.140. The number of hydrogen-bond acceptors (Lipinski definition) is 3. The van der Waals surface area contributed by atoms with Crippen LogP contribution in [0.4, 0.5) is 0 Å². The van der Waals surface area contributed by atoms with Crippen LogP contribution in [0.5, 0.6) is 0 Å². The summed E-state index contributed by atoms with van der Waals surface area (Å²) in [5.41, 5.74) is 0. The van der Waals surface area contributed by atoms with Crippen molar-refractivity contribution >= 4 is 0 Å². The van der Waals surface area contributed by atoms with Gasteiger partial charge in [-0.25, -0.2) is 0 Å². The molecule has 0 aromatic rings. The van der Waals surface area contributed by atoms with Crippen molar-refractivity contribution < 1.29 is 9.84 Å². The van der Waals surface area contributed by atoms with Crippen molar-refractivity contribution in [1.82, 2.24) is 4.90 Å². The molecule has 0 amide bonds. The fourth-order valence-electron chi connectivity index (χ4n) is 3.55. The van der Waals surface area contributed by atoms with Crippen molar-refractivity contribution in [3.8, 4) is 0 Å². The Labute approximate surface area is 118 Å². The molecular weight excluding hydrogens is 238 g/mol. The van der Waals surface area contributed by atoms with Gasteiger partial charge in [0, 0.05) is 25.7 Å². The molecular formula is C16H31NO2. The highest BCUT2D eigenvalue weighted by Crippen LogP contribution is 2.37. The lowest BCUT2D eigenvalue weighted by Gasteiger charge is -2.40. The molecule has 3 unspecified atom stereocenters. The maximum atomic E-state index is 10.5. The average Bonchev–Trinajstić information content (AvgIpc) is 3.21. The first-order valence-electron chi connectivity index (χ1n) is 8.16. The van der Waals surface area contributed by atoms with E-state index in [0.717, 1.165) is 31.9 Å². The summed E-state index contributed by atoms with van der Waals surface area (Å²) in [4.78, 5) is 2.55. The average molecular weight is 269 g/mol. The van der Waals surface area contributed by atoms with Crippen LogP contribution in [0.1, 0.15) is 58.3 Å². The molecule has 2 fully saturated rings. The Morgan fingerprint density at radius 1 is 1.11 bits per heavy atom. The minimum absolute atomic E-state index is 0.140. The summed E-state index contributed by atoms with van der Waals surface area (Å²) in [6.07, 6.45) is 9.81. The lowest BCUT2D eigenvalue weighted by atomic mass is 9.92. The van der Waals surface area contributed by atoms with E-state index in [-0.39, 0.29) is 6.10 Å². The third kappa shape index (κ3) is 4.44. The molecule has 0 aliphatic heterocycles. The van der Waals surface area contributed by atoms with Crippen LogP contribution in [-0.2, 0) is 4.74 Å². The Balaban J connectivity index is 1.99. The highest BCUT2D eigenvalue weighted by molar-refractivity contribution is 4.91. The molecule has 1 N–H and O–H groups in total. The van der Waals surface area contributed by atoms with E-state index in [1.165, 1.54) is 38.5 Å². The molecule has 0 heterocycles. The van der Waals surface area contributed by atoms with Gasteiger partial charge in [-0.3, -0.25) is 4.90 Å². The van der Waals surface area contributed by atoms with E-state index in [4.69, 9.17) is 4.74 Å². The third-order valence-corrected chi connectivity index (χ3v) is 5.00. The van der Waals surface area contributed by atoms with E-state index >= 15 is 0 Å². The Kier molecular flexibility index (Phi) is 6.11. The lowest BCUT2D eigenvalue weighted by molar-refractivity contribution is -0.00466. The number of rotatable bonds is 6. The Morgan fingerprint density at radius 2 is 1.79 bits per heavy atom. The van der Waals surface area contributed by atoms with Crippen LogP contribution in [0, 0.1) is 5.92 Å². The number of nitrogens with zero attached hydrogens (tertiary/aromatic N) is 1. The maximum Gasteiger partial charge on any atom is 0.0695 e. The van der Waals surface area contributed by atoms with Gasteiger partial charge in [0.15, 0.2) is 0 Å². The van der Waals surface area contributed by atoms with Crippen LogP contribution in [0.15, 0.2) is 0 Å². The summed E-state index contributed by atoms with van der Waals surface area (Å²) in [5, 5.41) is 10.5. The highest BCUT2D eigenvalue weighted by Gasteiger charge is 2.37. The number of aliphatic hydroxyl groups is 1. The van der Waals surface area contributed by atoms with Gasteiger partial charge in [-0.15, -0.1) is 0 Å². The second-order valence-corrected chi connectivity index (χ2v) is 6.43. The summed E-state index contributed by atoms with van der Waals surface area (Å²) in [6.45, 7) is 4.09. The van der Waals surface area contributed by atoms with Crippen molar-refractivity contribution in [1.29, 1.82) is 0 Å². The second kappa shape index (κ2) is 7.61. The zero-order valence-corrected chi connectivity index (χ0v) is 12.7. The molecule has 2 aliphatic carbocycles. The third-order valence-electron chi connectivity index (χ3n) is 5.00. The Hall–Kier alpha value is -0.120. The quantitative estimate of drug-likeness (QED) is 0.805. The van der Waals surface area contributed by atoms with Gasteiger partial charge in [0.05, 0.1) is 12.7 Å². The first-order chi connectivity index (χ1) is 9.24. The zero-order chi connectivity index (χ0) is 13.7. The van der Waals surface area contributed by atoms with Gasteiger partial charge in [-0.05, 0) is 38.5 Å².